The molecule has 3 aromatic rings. The number of aromatic amines is 1. The summed E-state index contributed by atoms with van der Waals surface area (Å²) in [4.78, 5) is 25.8. The van der Waals surface area contributed by atoms with Gasteiger partial charge in [0.2, 0.25) is 5.91 Å². The lowest BCUT2D eigenvalue weighted by molar-refractivity contribution is -0.137. The van der Waals surface area contributed by atoms with Crippen LogP contribution in [-0.4, -0.2) is 20.7 Å². The van der Waals surface area contributed by atoms with Gasteiger partial charge in [-0.15, -0.1) is 5.10 Å². The molecule has 1 amide bonds. The first-order chi connectivity index (χ1) is 13.1. The molecule has 3 rings (SSSR count). The molecular formula is C18H14ClF3N4O2. The van der Waals surface area contributed by atoms with E-state index in [-0.39, 0.29) is 29.0 Å². The summed E-state index contributed by atoms with van der Waals surface area (Å²) < 4.78 is 39.6. The minimum absolute atomic E-state index is 0.0344. The lowest BCUT2D eigenvalue weighted by Crippen LogP contribution is -2.18. The molecule has 0 radical (unpaired) electrons. The molecule has 1 aromatic heterocycles. The van der Waals surface area contributed by atoms with Crippen molar-refractivity contribution in [1.29, 1.82) is 0 Å². The van der Waals surface area contributed by atoms with E-state index < -0.39 is 17.4 Å². The Morgan fingerprint density at radius 1 is 1.25 bits per heavy atom. The van der Waals surface area contributed by atoms with Gasteiger partial charge in [-0.1, -0.05) is 23.7 Å². The molecule has 0 bridgehead atoms. The second kappa shape index (κ2) is 7.51. The van der Waals surface area contributed by atoms with Crippen molar-refractivity contribution in [2.45, 2.75) is 19.6 Å². The van der Waals surface area contributed by atoms with Crippen LogP contribution in [0.5, 0.6) is 0 Å². The Morgan fingerprint density at radius 3 is 2.68 bits per heavy atom. The number of nitrogens with zero attached hydrogens (tertiary/aromatic N) is 2. The first-order valence-electron chi connectivity index (χ1n) is 8.05. The number of aromatic nitrogens is 3. The molecule has 0 saturated carbocycles. The maximum absolute atomic E-state index is 12.9. The molecule has 1 heterocycles. The third-order valence-electron chi connectivity index (χ3n) is 3.86. The number of amides is 1. The second-order valence-corrected chi connectivity index (χ2v) is 6.37. The summed E-state index contributed by atoms with van der Waals surface area (Å²) in [6.45, 7) is 1.63. The van der Waals surface area contributed by atoms with Crippen LogP contribution < -0.4 is 11.0 Å². The van der Waals surface area contributed by atoms with Crippen LogP contribution in [0.25, 0.3) is 17.1 Å². The third kappa shape index (κ3) is 4.25. The molecule has 146 valence electrons. The van der Waals surface area contributed by atoms with Gasteiger partial charge in [-0.2, -0.15) is 17.9 Å². The van der Waals surface area contributed by atoms with Crippen molar-refractivity contribution in [3.05, 3.63) is 69.1 Å². The van der Waals surface area contributed by atoms with E-state index in [1.807, 2.05) is 0 Å². The smallest absolute Gasteiger partial charge is 0.352 e. The number of hydrogen-bond donors (Lipinski definition) is 2. The summed E-state index contributed by atoms with van der Waals surface area (Å²) >= 11 is 6.18. The van der Waals surface area contributed by atoms with Crippen molar-refractivity contribution in [2.24, 2.45) is 0 Å². The number of benzene rings is 2. The molecule has 0 aliphatic carbocycles. The van der Waals surface area contributed by atoms with E-state index in [2.05, 4.69) is 15.4 Å². The molecular weight excluding hydrogens is 397 g/mol. The SMILES string of the molecule is CC(=O)NCc1ccc(Cl)c(-c2nn(-c3cccc(C(F)(F)F)c3)c(=O)[nH]2)c1. The third-order valence-corrected chi connectivity index (χ3v) is 4.19. The van der Waals surface area contributed by atoms with Gasteiger partial charge in [0.25, 0.3) is 0 Å². The maximum Gasteiger partial charge on any atom is 0.416 e. The fourth-order valence-electron chi connectivity index (χ4n) is 2.53. The molecule has 0 atom stereocenters. The monoisotopic (exact) mass is 410 g/mol. The predicted octanol–water partition coefficient (Wildman–Crippen LogP) is 3.54. The Labute approximate surface area is 162 Å². The van der Waals surface area contributed by atoms with E-state index in [4.69, 9.17) is 11.6 Å². The van der Waals surface area contributed by atoms with Gasteiger partial charge in [0.1, 0.15) is 0 Å². The highest BCUT2D eigenvalue weighted by atomic mass is 35.5. The van der Waals surface area contributed by atoms with Crippen LogP contribution in [0.1, 0.15) is 18.1 Å². The molecule has 0 fully saturated rings. The van der Waals surface area contributed by atoms with Crippen LogP contribution >= 0.6 is 11.6 Å². The summed E-state index contributed by atoms with van der Waals surface area (Å²) in [5.74, 6) is -0.115. The van der Waals surface area contributed by atoms with Crippen LogP contribution in [-0.2, 0) is 17.5 Å². The normalized spacial score (nSPS) is 11.5. The summed E-state index contributed by atoms with van der Waals surface area (Å²) in [7, 11) is 0. The van der Waals surface area contributed by atoms with Gasteiger partial charge >= 0.3 is 11.9 Å². The van der Waals surface area contributed by atoms with E-state index >= 15 is 0 Å². The first kappa shape index (κ1) is 19.7. The average molecular weight is 411 g/mol. The van der Waals surface area contributed by atoms with Crippen molar-refractivity contribution in [2.75, 3.05) is 0 Å². The second-order valence-electron chi connectivity index (χ2n) is 5.96. The van der Waals surface area contributed by atoms with Crippen LogP contribution in [0.2, 0.25) is 5.02 Å². The summed E-state index contributed by atoms with van der Waals surface area (Å²) in [5.41, 5.74) is -0.543. The molecule has 2 N–H and O–H groups in total. The van der Waals surface area contributed by atoms with Gasteiger partial charge in [-0.3, -0.25) is 9.78 Å². The molecule has 0 unspecified atom stereocenters. The van der Waals surface area contributed by atoms with E-state index in [1.54, 1.807) is 18.2 Å². The largest absolute Gasteiger partial charge is 0.416 e. The van der Waals surface area contributed by atoms with Gasteiger partial charge in [-0.25, -0.2) is 4.79 Å². The first-order valence-corrected chi connectivity index (χ1v) is 8.43. The highest BCUT2D eigenvalue weighted by molar-refractivity contribution is 6.33. The Morgan fingerprint density at radius 2 is 2.00 bits per heavy atom. The number of rotatable bonds is 4. The number of hydrogen-bond acceptors (Lipinski definition) is 3. The molecule has 0 aliphatic heterocycles. The number of carbonyl (C=O) groups is 1. The Balaban J connectivity index is 2.00. The maximum atomic E-state index is 12.9. The Kier molecular flexibility index (Phi) is 5.28. The predicted molar refractivity (Wildman–Crippen MR) is 97.2 cm³/mol. The van der Waals surface area contributed by atoms with Crippen LogP contribution in [0.4, 0.5) is 13.2 Å². The van der Waals surface area contributed by atoms with E-state index in [1.165, 1.54) is 19.1 Å². The van der Waals surface area contributed by atoms with Crippen LogP contribution in [0.15, 0.2) is 47.3 Å². The van der Waals surface area contributed by atoms with Gasteiger partial charge in [0.05, 0.1) is 16.3 Å². The Hall–Kier alpha value is -3.07. The minimum atomic E-state index is -4.54. The van der Waals surface area contributed by atoms with Crippen molar-refractivity contribution in [3.63, 3.8) is 0 Å². The van der Waals surface area contributed by atoms with E-state index in [9.17, 15) is 22.8 Å². The lowest BCUT2D eigenvalue weighted by Gasteiger charge is -2.08. The molecule has 0 aliphatic rings. The lowest BCUT2D eigenvalue weighted by atomic mass is 10.1. The minimum Gasteiger partial charge on any atom is -0.352 e. The number of H-pyrrole nitrogens is 1. The summed E-state index contributed by atoms with van der Waals surface area (Å²) in [5, 5.41) is 7.01. The molecule has 0 saturated heterocycles. The van der Waals surface area contributed by atoms with Gasteiger partial charge in [0.15, 0.2) is 5.82 Å². The molecule has 0 spiro atoms. The highest BCUT2D eigenvalue weighted by Gasteiger charge is 2.30. The van der Waals surface area contributed by atoms with Crippen molar-refractivity contribution in [1.82, 2.24) is 20.1 Å². The standard InChI is InChI=1S/C18H14ClF3N4O2/c1-10(27)23-9-11-5-6-15(19)14(7-11)16-24-17(28)26(25-16)13-4-2-3-12(8-13)18(20,21)22/h2-8H,9H2,1H3,(H,23,27)(H,24,25,28). The highest BCUT2D eigenvalue weighted by Crippen LogP contribution is 2.30. The Bertz CT molecular complexity index is 1090. The van der Waals surface area contributed by atoms with Crippen LogP contribution in [0.3, 0.4) is 0 Å². The zero-order valence-corrected chi connectivity index (χ0v) is 15.2. The molecule has 10 heteroatoms. The van der Waals surface area contributed by atoms with Crippen LogP contribution in [0, 0.1) is 0 Å². The van der Waals surface area contributed by atoms with E-state index in [0.29, 0.717) is 11.1 Å². The van der Waals surface area contributed by atoms with E-state index in [0.717, 1.165) is 16.8 Å². The molecule has 6 nitrogen and oxygen atoms in total. The van der Waals surface area contributed by atoms with Crippen molar-refractivity contribution < 1.29 is 18.0 Å². The van der Waals surface area contributed by atoms with Crippen molar-refractivity contribution >= 4 is 17.5 Å². The average Bonchev–Trinajstić information content (AvgIpc) is 3.02. The number of nitrogens with one attached hydrogen (secondary N) is 2. The topological polar surface area (TPSA) is 79.8 Å². The summed E-state index contributed by atoms with van der Waals surface area (Å²) in [6, 6.07) is 9.19. The quantitative estimate of drug-likeness (QED) is 0.690. The molecule has 2 aromatic carbocycles. The van der Waals surface area contributed by atoms with Gasteiger partial charge < -0.3 is 5.32 Å². The summed E-state index contributed by atoms with van der Waals surface area (Å²) in [6.07, 6.45) is -4.54. The molecule has 28 heavy (non-hydrogen) atoms. The zero-order valence-electron chi connectivity index (χ0n) is 14.5. The van der Waals surface area contributed by atoms with Crippen molar-refractivity contribution in [3.8, 4) is 17.1 Å². The number of halogens is 4. The van der Waals surface area contributed by atoms with Gasteiger partial charge in [0, 0.05) is 19.0 Å². The number of carbonyl (C=O) groups excluding carboxylic acids is 1. The zero-order chi connectivity index (χ0) is 20.5. The number of alkyl halides is 3. The fraction of sp³-hybridized carbons (Fsp3) is 0.167. The fourth-order valence-corrected chi connectivity index (χ4v) is 2.73. The van der Waals surface area contributed by atoms with Gasteiger partial charge in [-0.05, 0) is 35.9 Å².